The zero-order valence-electron chi connectivity index (χ0n) is 10.0. The van der Waals surface area contributed by atoms with Crippen molar-refractivity contribution < 1.29 is 4.39 Å². The molecule has 1 aromatic heterocycles. The van der Waals surface area contributed by atoms with E-state index in [1.807, 2.05) is 16.8 Å². The third-order valence-electron chi connectivity index (χ3n) is 3.02. The summed E-state index contributed by atoms with van der Waals surface area (Å²) in [6.07, 6.45) is 1.65. The van der Waals surface area contributed by atoms with Crippen LogP contribution in [0.4, 0.5) is 4.39 Å². The summed E-state index contributed by atoms with van der Waals surface area (Å²) in [5.74, 6) is -0.259. The number of fused-ring (bicyclic) bond motifs is 1. The molecule has 0 fully saturated rings. The summed E-state index contributed by atoms with van der Waals surface area (Å²) in [5, 5.41) is 13.8. The summed E-state index contributed by atoms with van der Waals surface area (Å²) in [6.45, 7) is 0.598. The second-order valence-electron chi connectivity index (χ2n) is 4.31. The molecule has 0 spiro atoms. The molecule has 2 aromatic carbocycles. The highest BCUT2D eigenvalue weighted by Gasteiger charge is 2.04. The molecule has 4 heteroatoms. The number of benzene rings is 2. The predicted octanol–water partition coefficient (Wildman–Crippen LogP) is 3.10. The second kappa shape index (κ2) is 4.54. The standard InChI is InChI=1S/C15H10FN3/c16-14-5-6-15-13(7-14)9-18-19(15)10-12-3-1-11(8-17)2-4-12/h1-7,9H,10H2. The fraction of sp³-hybridized carbons (Fsp3) is 0.0667. The van der Waals surface area contributed by atoms with Gasteiger partial charge in [0.25, 0.3) is 0 Å². The largest absolute Gasteiger partial charge is 0.260 e. The van der Waals surface area contributed by atoms with E-state index < -0.39 is 0 Å². The number of aromatic nitrogens is 2. The quantitative estimate of drug-likeness (QED) is 0.702. The van der Waals surface area contributed by atoms with Crippen LogP contribution in [0.1, 0.15) is 11.1 Å². The Morgan fingerprint density at radius 1 is 1.16 bits per heavy atom. The van der Waals surface area contributed by atoms with E-state index >= 15 is 0 Å². The van der Waals surface area contributed by atoms with E-state index in [0.717, 1.165) is 16.5 Å². The Balaban J connectivity index is 1.94. The van der Waals surface area contributed by atoms with Crippen LogP contribution in [0.15, 0.2) is 48.7 Å². The summed E-state index contributed by atoms with van der Waals surface area (Å²) < 4.78 is 14.9. The Kier molecular flexibility index (Phi) is 2.73. The maximum atomic E-state index is 13.1. The molecule has 1 heterocycles. The number of hydrogen-bond acceptors (Lipinski definition) is 2. The molecule has 0 unspecified atom stereocenters. The second-order valence-corrected chi connectivity index (χ2v) is 4.31. The van der Waals surface area contributed by atoms with Crippen LogP contribution in [-0.2, 0) is 6.54 Å². The molecule has 0 aliphatic heterocycles. The van der Waals surface area contributed by atoms with Gasteiger partial charge in [-0.05, 0) is 35.9 Å². The fourth-order valence-corrected chi connectivity index (χ4v) is 2.04. The molecule has 0 aliphatic rings. The Hall–Kier alpha value is -2.67. The van der Waals surface area contributed by atoms with Gasteiger partial charge in [-0.15, -0.1) is 0 Å². The maximum absolute atomic E-state index is 13.1. The number of hydrogen-bond donors (Lipinski definition) is 0. The zero-order chi connectivity index (χ0) is 13.2. The summed E-state index contributed by atoms with van der Waals surface area (Å²) in [5.41, 5.74) is 2.58. The normalized spacial score (nSPS) is 10.5. The van der Waals surface area contributed by atoms with Crippen molar-refractivity contribution in [3.05, 3.63) is 65.6 Å². The van der Waals surface area contributed by atoms with E-state index in [9.17, 15) is 4.39 Å². The van der Waals surface area contributed by atoms with E-state index in [2.05, 4.69) is 11.2 Å². The molecular weight excluding hydrogens is 241 g/mol. The van der Waals surface area contributed by atoms with Crippen LogP contribution in [0.5, 0.6) is 0 Å². The van der Waals surface area contributed by atoms with Gasteiger partial charge in [0.1, 0.15) is 5.82 Å². The van der Waals surface area contributed by atoms with Crippen LogP contribution in [0.2, 0.25) is 0 Å². The van der Waals surface area contributed by atoms with Crippen molar-refractivity contribution in [3.8, 4) is 6.07 Å². The van der Waals surface area contributed by atoms with Crippen molar-refractivity contribution >= 4 is 10.9 Å². The lowest BCUT2D eigenvalue weighted by atomic mass is 10.1. The van der Waals surface area contributed by atoms with Crippen molar-refractivity contribution in [2.24, 2.45) is 0 Å². The summed E-state index contributed by atoms with van der Waals surface area (Å²) in [6, 6.07) is 14.1. The van der Waals surface area contributed by atoms with Gasteiger partial charge >= 0.3 is 0 Å². The third-order valence-corrected chi connectivity index (χ3v) is 3.02. The lowest BCUT2D eigenvalue weighted by molar-refractivity contribution is 0.629. The van der Waals surface area contributed by atoms with E-state index in [-0.39, 0.29) is 5.82 Å². The first-order valence-electron chi connectivity index (χ1n) is 5.86. The van der Waals surface area contributed by atoms with Crippen molar-refractivity contribution in [1.29, 1.82) is 5.26 Å². The molecule has 3 aromatic rings. The zero-order valence-corrected chi connectivity index (χ0v) is 10.0. The number of nitriles is 1. The first-order valence-corrected chi connectivity index (χ1v) is 5.86. The van der Waals surface area contributed by atoms with Crippen LogP contribution in [0.25, 0.3) is 10.9 Å². The van der Waals surface area contributed by atoms with Gasteiger partial charge in [-0.2, -0.15) is 10.4 Å². The average molecular weight is 251 g/mol. The number of nitrogens with zero attached hydrogens (tertiary/aromatic N) is 3. The van der Waals surface area contributed by atoms with Gasteiger partial charge < -0.3 is 0 Å². The molecule has 0 bridgehead atoms. The molecule has 0 saturated carbocycles. The fourth-order valence-electron chi connectivity index (χ4n) is 2.04. The van der Waals surface area contributed by atoms with Crippen LogP contribution in [0.3, 0.4) is 0 Å². The van der Waals surface area contributed by atoms with Crippen LogP contribution < -0.4 is 0 Å². The minimum Gasteiger partial charge on any atom is -0.260 e. The van der Waals surface area contributed by atoms with Crippen molar-refractivity contribution in [2.45, 2.75) is 6.54 Å². The minimum absolute atomic E-state index is 0.259. The molecule has 92 valence electrons. The predicted molar refractivity (Wildman–Crippen MR) is 70.0 cm³/mol. The van der Waals surface area contributed by atoms with Gasteiger partial charge in [0.2, 0.25) is 0 Å². The van der Waals surface area contributed by atoms with E-state index in [0.29, 0.717) is 12.1 Å². The highest BCUT2D eigenvalue weighted by molar-refractivity contribution is 5.78. The van der Waals surface area contributed by atoms with Gasteiger partial charge in [0, 0.05) is 5.39 Å². The molecule has 0 amide bonds. The summed E-state index contributed by atoms with van der Waals surface area (Å²) >= 11 is 0. The molecule has 0 atom stereocenters. The Morgan fingerprint density at radius 2 is 1.95 bits per heavy atom. The van der Waals surface area contributed by atoms with Crippen molar-refractivity contribution in [2.75, 3.05) is 0 Å². The Morgan fingerprint density at radius 3 is 2.68 bits per heavy atom. The van der Waals surface area contributed by atoms with Crippen molar-refractivity contribution in [3.63, 3.8) is 0 Å². The lowest BCUT2D eigenvalue weighted by Crippen LogP contribution is -2.01. The number of rotatable bonds is 2. The first-order chi connectivity index (χ1) is 9.26. The molecule has 0 radical (unpaired) electrons. The highest BCUT2D eigenvalue weighted by Crippen LogP contribution is 2.16. The van der Waals surface area contributed by atoms with Gasteiger partial charge in [-0.25, -0.2) is 4.39 Å². The van der Waals surface area contributed by atoms with Crippen molar-refractivity contribution in [1.82, 2.24) is 9.78 Å². The van der Waals surface area contributed by atoms with E-state index in [1.165, 1.54) is 12.1 Å². The topological polar surface area (TPSA) is 41.6 Å². The third kappa shape index (κ3) is 2.18. The van der Waals surface area contributed by atoms with E-state index in [1.54, 1.807) is 24.4 Å². The molecule has 0 saturated heterocycles. The minimum atomic E-state index is -0.259. The lowest BCUT2D eigenvalue weighted by Gasteiger charge is -2.04. The smallest absolute Gasteiger partial charge is 0.124 e. The Bertz CT molecular complexity index is 766. The summed E-state index contributed by atoms with van der Waals surface area (Å²) in [7, 11) is 0. The average Bonchev–Trinajstić information content (AvgIpc) is 2.82. The van der Waals surface area contributed by atoms with Gasteiger partial charge in [0.05, 0.1) is 29.9 Å². The molecule has 19 heavy (non-hydrogen) atoms. The maximum Gasteiger partial charge on any atom is 0.124 e. The SMILES string of the molecule is N#Cc1ccc(Cn2ncc3cc(F)ccc32)cc1. The molecule has 0 N–H and O–H groups in total. The van der Waals surface area contributed by atoms with E-state index in [4.69, 9.17) is 5.26 Å². The van der Waals surface area contributed by atoms with Crippen LogP contribution >= 0.6 is 0 Å². The highest BCUT2D eigenvalue weighted by atomic mass is 19.1. The van der Waals surface area contributed by atoms with Gasteiger partial charge in [-0.3, -0.25) is 4.68 Å². The Labute approximate surface area is 109 Å². The molecular formula is C15H10FN3. The molecule has 3 nitrogen and oxygen atoms in total. The molecule has 0 aliphatic carbocycles. The summed E-state index contributed by atoms with van der Waals surface area (Å²) in [4.78, 5) is 0. The molecule has 3 rings (SSSR count). The van der Waals surface area contributed by atoms with Gasteiger partial charge in [0.15, 0.2) is 0 Å². The van der Waals surface area contributed by atoms with Crippen LogP contribution in [0, 0.1) is 17.1 Å². The van der Waals surface area contributed by atoms with Crippen LogP contribution in [-0.4, -0.2) is 9.78 Å². The first kappa shape index (κ1) is 11.4. The monoisotopic (exact) mass is 251 g/mol. The van der Waals surface area contributed by atoms with Gasteiger partial charge in [-0.1, -0.05) is 12.1 Å². The number of halogens is 1.